The molecule has 4 rings (SSSR count). The van der Waals surface area contributed by atoms with Gasteiger partial charge in [-0.25, -0.2) is 0 Å². The number of hydrogen-bond donors (Lipinski definition) is 1. The SMILES string of the molecule is CCN(CC)C(=O)C1=C(c2ccc(CCCOc3ccccc3Cl)cc2)C[C@@H]2CN(C(C)=O)C[C@H]1N2. The first kappa shape index (κ1) is 26.2. The number of nitrogens with one attached hydrogen (secondary N) is 1. The highest BCUT2D eigenvalue weighted by Gasteiger charge is 2.39. The lowest BCUT2D eigenvalue weighted by atomic mass is 9.82. The first-order valence-electron chi connectivity index (χ1n) is 12.9. The van der Waals surface area contributed by atoms with Crippen molar-refractivity contribution in [3.63, 3.8) is 0 Å². The van der Waals surface area contributed by atoms with Gasteiger partial charge in [0.1, 0.15) is 5.75 Å². The van der Waals surface area contributed by atoms with Crippen molar-refractivity contribution < 1.29 is 14.3 Å². The fourth-order valence-electron chi connectivity index (χ4n) is 5.20. The molecule has 0 spiro atoms. The smallest absolute Gasteiger partial charge is 0.251 e. The third kappa shape index (κ3) is 5.93. The Morgan fingerprint density at radius 2 is 1.81 bits per heavy atom. The number of aryl methyl sites for hydroxylation is 1. The van der Waals surface area contributed by atoms with Gasteiger partial charge in [0.2, 0.25) is 5.91 Å². The number of fused-ring (bicyclic) bond motifs is 2. The zero-order valence-electron chi connectivity index (χ0n) is 21.4. The lowest BCUT2D eigenvalue weighted by Gasteiger charge is -2.44. The predicted octanol–water partition coefficient (Wildman–Crippen LogP) is 4.57. The van der Waals surface area contributed by atoms with Gasteiger partial charge in [-0.3, -0.25) is 9.59 Å². The molecule has 2 aliphatic heterocycles. The maximum atomic E-state index is 13.6. The minimum absolute atomic E-state index is 0.0625. The number of halogens is 1. The summed E-state index contributed by atoms with van der Waals surface area (Å²) < 4.78 is 5.81. The third-order valence-electron chi connectivity index (χ3n) is 7.14. The molecule has 0 unspecified atom stereocenters. The largest absolute Gasteiger partial charge is 0.492 e. The Kier molecular flexibility index (Phi) is 8.70. The number of rotatable bonds is 9. The summed E-state index contributed by atoms with van der Waals surface area (Å²) in [6, 6.07) is 16.1. The first-order chi connectivity index (χ1) is 17.4. The summed E-state index contributed by atoms with van der Waals surface area (Å²) in [6.45, 7) is 8.74. The van der Waals surface area contributed by atoms with Gasteiger partial charge in [0, 0.05) is 44.7 Å². The quantitative estimate of drug-likeness (QED) is 0.503. The van der Waals surface area contributed by atoms with Crippen molar-refractivity contribution in [1.29, 1.82) is 0 Å². The highest BCUT2D eigenvalue weighted by atomic mass is 35.5. The molecule has 2 atom stereocenters. The monoisotopic (exact) mass is 509 g/mol. The molecule has 2 amide bonds. The summed E-state index contributed by atoms with van der Waals surface area (Å²) in [4.78, 5) is 29.5. The second-order valence-corrected chi connectivity index (χ2v) is 9.90. The Bertz CT molecular complexity index is 1110. The van der Waals surface area contributed by atoms with Crippen molar-refractivity contribution in [2.24, 2.45) is 0 Å². The molecule has 2 bridgehead atoms. The summed E-state index contributed by atoms with van der Waals surface area (Å²) in [7, 11) is 0. The standard InChI is InChI=1S/C29H36ClN3O3/c1-4-32(5-2)29(35)28-24(17-23-18-33(20(3)34)19-26(28)31-23)22-14-12-21(13-15-22)9-8-16-36-27-11-7-6-10-25(27)30/h6-7,10-15,23,26,31H,4-5,8-9,16-19H2,1-3H3/t23-,26-/m1/s1. The molecule has 7 heteroatoms. The van der Waals surface area contributed by atoms with Crippen molar-refractivity contribution >= 4 is 29.0 Å². The molecule has 0 radical (unpaired) electrons. The maximum absolute atomic E-state index is 13.6. The van der Waals surface area contributed by atoms with Gasteiger partial charge in [0.25, 0.3) is 5.91 Å². The van der Waals surface area contributed by atoms with Crippen LogP contribution in [0.5, 0.6) is 5.75 Å². The lowest BCUT2D eigenvalue weighted by molar-refractivity contribution is -0.132. The zero-order chi connectivity index (χ0) is 25.7. The Morgan fingerprint density at radius 1 is 1.08 bits per heavy atom. The van der Waals surface area contributed by atoms with E-state index < -0.39 is 0 Å². The molecule has 0 saturated carbocycles. The van der Waals surface area contributed by atoms with Crippen molar-refractivity contribution in [2.45, 2.75) is 52.1 Å². The number of para-hydroxylation sites is 1. The third-order valence-corrected chi connectivity index (χ3v) is 7.45. The van der Waals surface area contributed by atoms with Gasteiger partial charge in [-0.05, 0) is 61.9 Å². The van der Waals surface area contributed by atoms with E-state index in [1.807, 2.05) is 47.9 Å². The van der Waals surface area contributed by atoms with Crippen LogP contribution in [-0.2, 0) is 16.0 Å². The molecular formula is C29H36ClN3O3. The normalized spacial score (nSPS) is 19.3. The van der Waals surface area contributed by atoms with Crippen LogP contribution >= 0.6 is 11.6 Å². The van der Waals surface area contributed by atoms with Crippen molar-refractivity contribution in [3.8, 4) is 5.75 Å². The van der Waals surface area contributed by atoms with E-state index in [0.717, 1.165) is 36.0 Å². The predicted molar refractivity (Wildman–Crippen MR) is 144 cm³/mol. The number of carbonyl (C=O) groups is 2. The van der Waals surface area contributed by atoms with Gasteiger partial charge in [-0.1, -0.05) is 48.0 Å². The van der Waals surface area contributed by atoms with Crippen LogP contribution in [0.3, 0.4) is 0 Å². The van der Waals surface area contributed by atoms with Gasteiger partial charge in [0.15, 0.2) is 0 Å². The number of hydrogen-bond acceptors (Lipinski definition) is 4. The lowest BCUT2D eigenvalue weighted by Crippen LogP contribution is -2.61. The average Bonchev–Trinajstić information content (AvgIpc) is 2.88. The zero-order valence-corrected chi connectivity index (χ0v) is 22.2. The van der Waals surface area contributed by atoms with Crippen LogP contribution < -0.4 is 10.1 Å². The molecule has 2 aromatic carbocycles. The molecule has 1 N–H and O–H groups in total. The molecule has 1 fully saturated rings. The second kappa shape index (κ2) is 11.9. The Labute approximate surface area is 219 Å². The van der Waals surface area contributed by atoms with E-state index >= 15 is 0 Å². The van der Waals surface area contributed by atoms with E-state index in [1.54, 1.807) is 6.92 Å². The summed E-state index contributed by atoms with van der Waals surface area (Å²) in [5, 5.41) is 4.24. The second-order valence-electron chi connectivity index (χ2n) is 9.49. The molecule has 1 saturated heterocycles. The first-order valence-corrected chi connectivity index (χ1v) is 13.3. The van der Waals surface area contributed by atoms with Crippen LogP contribution in [0, 0.1) is 0 Å². The van der Waals surface area contributed by atoms with Crippen LogP contribution in [0.1, 0.15) is 44.7 Å². The number of benzene rings is 2. The molecule has 2 heterocycles. The molecule has 36 heavy (non-hydrogen) atoms. The number of carbonyl (C=O) groups excluding carboxylic acids is 2. The number of ether oxygens (including phenoxy) is 1. The molecule has 2 aliphatic rings. The van der Waals surface area contributed by atoms with E-state index in [9.17, 15) is 9.59 Å². The van der Waals surface area contributed by atoms with Crippen LogP contribution in [0.25, 0.3) is 5.57 Å². The summed E-state index contributed by atoms with van der Waals surface area (Å²) in [6.07, 6.45) is 2.51. The average molecular weight is 510 g/mol. The summed E-state index contributed by atoms with van der Waals surface area (Å²) >= 11 is 6.16. The number of likely N-dealkylation sites (N-methyl/N-ethyl adjacent to an activating group) is 1. The van der Waals surface area contributed by atoms with Gasteiger partial charge < -0.3 is 19.9 Å². The van der Waals surface area contributed by atoms with E-state index in [4.69, 9.17) is 16.3 Å². The minimum atomic E-state index is -0.147. The van der Waals surface area contributed by atoms with Crippen molar-refractivity contribution in [2.75, 3.05) is 32.8 Å². The fraction of sp³-hybridized carbons (Fsp3) is 0.448. The summed E-state index contributed by atoms with van der Waals surface area (Å²) in [5.41, 5.74) is 4.24. The Balaban J connectivity index is 1.50. The summed E-state index contributed by atoms with van der Waals surface area (Å²) in [5.74, 6) is 0.844. The van der Waals surface area contributed by atoms with E-state index in [0.29, 0.717) is 43.6 Å². The van der Waals surface area contributed by atoms with Crippen LogP contribution in [0.4, 0.5) is 0 Å². The molecule has 6 nitrogen and oxygen atoms in total. The van der Waals surface area contributed by atoms with E-state index in [2.05, 4.69) is 29.6 Å². The van der Waals surface area contributed by atoms with Crippen LogP contribution in [-0.4, -0.2) is 66.5 Å². The van der Waals surface area contributed by atoms with Crippen LogP contribution in [0.15, 0.2) is 54.1 Å². The Hall–Kier alpha value is -2.83. The minimum Gasteiger partial charge on any atom is -0.492 e. The topological polar surface area (TPSA) is 61.9 Å². The Morgan fingerprint density at radius 3 is 2.47 bits per heavy atom. The highest BCUT2D eigenvalue weighted by Crippen LogP contribution is 2.34. The fourth-order valence-corrected chi connectivity index (χ4v) is 5.39. The molecular weight excluding hydrogens is 474 g/mol. The van der Waals surface area contributed by atoms with Gasteiger partial charge in [-0.15, -0.1) is 0 Å². The van der Waals surface area contributed by atoms with Gasteiger partial charge in [-0.2, -0.15) is 0 Å². The number of nitrogens with zero attached hydrogens (tertiary/aromatic N) is 2. The van der Waals surface area contributed by atoms with E-state index in [-0.39, 0.29) is 23.9 Å². The molecule has 0 aliphatic carbocycles. The molecule has 0 aromatic heterocycles. The number of piperazine rings is 1. The highest BCUT2D eigenvalue weighted by molar-refractivity contribution is 6.32. The van der Waals surface area contributed by atoms with Crippen LogP contribution in [0.2, 0.25) is 5.02 Å². The maximum Gasteiger partial charge on any atom is 0.251 e. The number of amides is 2. The van der Waals surface area contributed by atoms with Gasteiger partial charge in [0.05, 0.1) is 17.7 Å². The van der Waals surface area contributed by atoms with Gasteiger partial charge >= 0.3 is 0 Å². The van der Waals surface area contributed by atoms with Crippen molar-refractivity contribution in [1.82, 2.24) is 15.1 Å². The van der Waals surface area contributed by atoms with E-state index in [1.165, 1.54) is 5.56 Å². The van der Waals surface area contributed by atoms with Crippen molar-refractivity contribution in [3.05, 3.63) is 70.3 Å². The molecule has 2 aromatic rings. The molecule has 192 valence electrons.